The molecule has 1 saturated heterocycles. The largest absolute Gasteiger partial charge is 0.346 e. The van der Waals surface area contributed by atoms with Crippen LogP contribution in [0.25, 0.3) is 0 Å². The first-order chi connectivity index (χ1) is 6.76. The molecule has 14 heavy (non-hydrogen) atoms. The molecular weight excluding hydrogens is 180 g/mol. The molecule has 0 unspecified atom stereocenters. The number of aldehydes is 1. The van der Waals surface area contributed by atoms with Gasteiger partial charge in [-0.05, 0) is 12.8 Å². The SMILES string of the molecule is CCCC1(CCC)COC(C=O)OC1. The third-order valence-corrected chi connectivity index (χ3v) is 2.78. The molecule has 1 heterocycles. The van der Waals surface area contributed by atoms with E-state index < -0.39 is 6.29 Å². The second-order valence-corrected chi connectivity index (χ2v) is 4.13. The molecule has 0 aliphatic carbocycles. The van der Waals surface area contributed by atoms with Gasteiger partial charge >= 0.3 is 0 Å². The lowest BCUT2D eigenvalue weighted by molar-refractivity contribution is -0.219. The van der Waals surface area contributed by atoms with Crippen LogP contribution in [0.15, 0.2) is 0 Å². The molecule has 1 aliphatic rings. The van der Waals surface area contributed by atoms with E-state index in [0.717, 1.165) is 32.0 Å². The molecule has 0 saturated carbocycles. The molecule has 0 amide bonds. The molecule has 3 heteroatoms. The van der Waals surface area contributed by atoms with E-state index in [2.05, 4.69) is 13.8 Å². The summed E-state index contributed by atoms with van der Waals surface area (Å²) >= 11 is 0. The van der Waals surface area contributed by atoms with Crippen LogP contribution in [0.4, 0.5) is 0 Å². The Balaban J connectivity index is 2.49. The summed E-state index contributed by atoms with van der Waals surface area (Å²) < 4.78 is 10.7. The van der Waals surface area contributed by atoms with Gasteiger partial charge in [0.05, 0.1) is 13.2 Å². The molecule has 0 aromatic heterocycles. The van der Waals surface area contributed by atoms with Gasteiger partial charge in [-0.15, -0.1) is 0 Å². The van der Waals surface area contributed by atoms with Crippen LogP contribution in [0.2, 0.25) is 0 Å². The van der Waals surface area contributed by atoms with Gasteiger partial charge in [-0.1, -0.05) is 26.7 Å². The van der Waals surface area contributed by atoms with Gasteiger partial charge in [-0.3, -0.25) is 4.79 Å². The van der Waals surface area contributed by atoms with Crippen molar-refractivity contribution in [1.82, 2.24) is 0 Å². The maximum Gasteiger partial charge on any atom is 0.214 e. The van der Waals surface area contributed by atoms with Crippen molar-refractivity contribution in [2.75, 3.05) is 13.2 Å². The topological polar surface area (TPSA) is 35.5 Å². The van der Waals surface area contributed by atoms with Crippen molar-refractivity contribution >= 4 is 6.29 Å². The van der Waals surface area contributed by atoms with Gasteiger partial charge in [-0.25, -0.2) is 0 Å². The summed E-state index contributed by atoms with van der Waals surface area (Å²) in [7, 11) is 0. The van der Waals surface area contributed by atoms with Crippen LogP contribution < -0.4 is 0 Å². The van der Waals surface area contributed by atoms with E-state index in [9.17, 15) is 4.79 Å². The Morgan fingerprint density at radius 3 is 2.07 bits per heavy atom. The second kappa shape index (κ2) is 5.47. The van der Waals surface area contributed by atoms with E-state index in [1.54, 1.807) is 0 Å². The monoisotopic (exact) mass is 200 g/mol. The molecule has 1 rings (SSSR count). The van der Waals surface area contributed by atoms with Crippen molar-refractivity contribution in [3.8, 4) is 0 Å². The van der Waals surface area contributed by atoms with E-state index in [-0.39, 0.29) is 5.41 Å². The van der Waals surface area contributed by atoms with Crippen molar-refractivity contribution in [2.45, 2.75) is 45.8 Å². The molecule has 3 nitrogen and oxygen atoms in total. The lowest BCUT2D eigenvalue weighted by Crippen LogP contribution is -2.42. The van der Waals surface area contributed by atoms with Crippen LogP contribution in [0.1, 0.15) is 39.5 Å². The minimum absolute atomic E-state index is 0.156. The molecule has 1 aliphatic heterocycles. The van der Waals surface area contributed by atoms with Gasteiger partial charge in [0, 0.05) is 5.41 Å². The highest BCUT2D eigenvalue weighted by atomic mass is 16.7. The molecule has 0 spiro atoms. The van der Waals surface area contributed by atoms with E-state index in [1.807, 2.05) is 0 Å². The van der Waals surface area contributed by atoms with Gasteiger partial charge in [0.15, 0.2) is 6.29 Å². The zero-order valence-electron chi connectivity index (χ0n) is 9.12. The second-order valence-electron chi connectivity index (χ2n) is 4.13. The first kappa shape index (κ1) is 11.7. The van der Waals surface area contributed by atoms with Crippen LogP contribution in [0, 0.1) is 5.41 Å². The number of hydrogen-bond acceptors (Lipinski definition) is 3. The number of ether oxygens (including phenoxy) is 2. The van der Waals surface area contributed by atoms with Gasteiger partial charge in [0.1, 0.15) is 0 Å². The van der Waals surface area contributed by atoms with Gasteiger partial charge in [0.25, 0.3) is 0 Å². The fourth-order valence-corrected chi connectivity index (χ4v) is 2.16. The van der Waals surface area contributed by atoms with E-state index in [4.69, 9.17) is 9.47 Å². The molecule has 0 radical (unpaired) electrons. The quantitative estimate of drug-likeness (QED) is 0.638. The maximum absolute atomic E-state index is 10.4. The Bertz CT molecular complexity index is 163. The van der Waals surface area contributed by atoms with Crippen LogP contribution in [0.5, 0.6) is 0 Å². The van der Waals surface area contributed by atoms with Crippen molar-refractivity contribution in [2.24, 2.45) is 5.41 Å². The first-order valence-corrected chi connectivity index (χ1v) is 5.45. The summed E-state index contributed by atoms with van der Waals surface area (Å²) in [6.07, 6.45) is 4.61. The van der Waals surface area contributed by atoms with Crippen molar-refractivity contribution in [3.63, 3.8) is 0 Å². The van der Waals surface area contributed by atoms with Gasteiger partial charge < -0.3 is 9.47 Å². The molecular formula is C11H20O3. The number of carbonyl (C=O) groups is 1. The lowest BCUT2D eigenvalue weighted by atomic mass is 9.80. The smallest absolute Gasteiger partial charge is 0.214 e. The fourth-order valence-electron chi connectivity index (χ4n) is 2.16. The van der Waals surface area contributed by atoms with Crippen LogP contribution in [0.3, 0.4) is 0 Å². The predicted octanol–water partition coefficient (Wildman–Crippen LogP) is 2.14. The van der Waals surface area contributed by atoms with Crippen LogP contribution >= 0.6 is 0 Å². The maximum atomic E-state index is 10.4. The Labute approximate surface area is 85.8 Å². The summed E-state index contributed by atoms with van der Waals surface area (Å²) in [5.74, 6) is 0. The third kappa shape index (κ3) is 2.79. The molecule has 0 aromatic rings. The molecule has 82 valence electrons. The minimum atomic E-state index is -0.628. The summed E-state index contributed by atoms with van der Waals surface area (Å²) in [6.45, 7) is 5.67. The normalized spacial score (nSPS) is 22.1. The number of hydrogen-bond donors (Lipinski definition) is 0. The Morgan fingerprint density at radius 1 is 1.21 bits per heavy atom. The average Bonchev–Trinajstić information content (AvgIpc) is 2.20. The standard InChI is InChI=1S/C11H20O3/c1-3-5-11(6-4-2)8-13-10(7-12)14-9-11/h7,10H,3-6,8-9H2,1-2H3. The van der Waals surface area contributed by atoms with Gasteiger partial charge in [-0.2, -0.15) is 0 Å². The summed E-state index contributed by atoms with van der Waals surface area (Å²) in [5, 5.41) is 0. The summed E-state index contributed by atoms with van der Waals surface area (Å²) in [5.41, 5.74) is 0.156. The highest BCUT2D eigenvalue weighted by Crippen LogP contribution is 2.34. The summed E-state index contributed by atoms with van der Waals surface area (Å²) in [4.78, 5) is 10.4. The van der Waals surface area contributed by atoms with Crippen LogP contribution in [-0.2, 0) is 14.3 Å². The number of carbonyl (C=O) groups excluding carboxylic acids is 1. The Kier molecular flexibility index (Phi) is 4.55. The number of rotatable bonds is 5. The fraction of sp³-hybridized carbons (Fsp3) is 0.909. The highest BCUT2D eigenvalue weighted by molar-refractivity contribution is 5.53. The molecule has 0 bridgehead atoms. The van der Waals surface area contributed by atoms with E-state index in [0.29, 0.717) is 13.2 Å². The van der Waals surface area contributed by atoms with Crippen molar-refractivity contribution in [1.29, 1.82) is 0 Å². The molecule has 1 fully saturated rings. The highest BCUT2D eigenvalue weighted by Gasteiger charge is 2.35. The molecule has 0 atom stereocenters. The first-order valence-electron chi connectivity index (χ1n) is 5.45. The third-order valence-electron chi connectivity index (χ3n) is 2.78. The van der Waals surface area contributed by atoms with Crippen molar-refractivity contribution < 1.29 is 14.3 Å². The minimum Gasteiger partial charge on any atom is -0.346 e. The predicted molar refractivity (Wildman–Crippen MR) is 54.0 cm³/mol. The summed E-state index contributed by atoms with van der Waals surface area (Å²) in [6, 6.07) is 0. The van der Waals surface area contributed by atoms with E-state index in [1.165, 1.54) is 0 Å². The molecule has 0 aromatic carbocycles. The lowest BCUT2D eigenvalue weighted by Gasteiger charge is -2.38. The molecule has 0 N–H and O–H groups in total. The Hall–Kier alpha value is -0.410. The zero-order valence-corrected chi connectivity index (χ0v) is 9.12. The van der Waals surface area contributed by atoms with Crippen LogP contribution in [-0.4, -0.2) is 25.8 Å². The van der Waals surface area contributed by atoms with Crippen molar-refractivity contribution in [3.05, 3.63) is 0 Å². The van der Waals surface area contributed by atoms with Gasteiger partial charge in [0.2, 0.25) is 6.29 Å². The van der Waals surface area contributed by atoms with E-state index >= 15 is 0 Å². The zero-order chi connectivity index (χ0) is 10.4. The average molecular weight is 200 g/mol. The Morgan fingerprint density at radius 2 is 1.71 bits per heavy atom.